The van der Waals surface area contributed by atoms with Crippen LogP contribution in [0, 0.1) is 13.8 Å². The highest BCUT2D eigenvalue weighted by molar-refractivity contribution is 5.85. The van der Waals surface area contributed by atoms with E-state index < -0.39 is 0 Å². The van der Waals surface area contributed by atoms with Gasteiger partial charge in [-0.1, -0.05) is 6.07 Å². The van der Waals surface area contributed by atoms with E-state index in [9.17, 15) is 4.79 Å². The van der Waals surface area contributed by atoms with Crippen LogP contribution >= 0.6 is 0 Å². The molecule has 170 valence electrons. The number of nitrogens with zero attached hydrogens (tertiary/aromatic N) is 5. The van der Waals surface area contributed by atoms with Crippen molar-refractivity contribution in [1.29, 1.82) is 0 Å². The van der Waals surface area contributed by atoms with Gasteiger partial charge in [0.25, 0.3) is 17.4 Å². The van der Waals surface area contributed by atoms with E-state index in [0.29, 0.717) is 17.0 Å². The summed E-state index contributed by atoms with van der Waals surface area (Å²) in [7, 11) is 3.35. The molecule has 5 rings (SSSR count). The zero-order valence-electron chi connectivity index (χ0n) is 19.2. The van der Waals surface area contributed by atoms with Crippen molar-refractivity contribution in [1.82, 2.24) is 24.7 Å². The molecule has 0 aliphatic carbocycles. The van der Waals surface area contributed by atoms with Gasteiger partial charge in [-0.05, 0) is 66.5 Å². The minimum Gasteiger partial charge on any atom is -0.495 e. The van der Waals surface area contributed by atoms with Crippen molar-refractivity contribution in [3.8, 4) is 28.5 Å². The average Bonchev–Trinajstić information content (AvgIpc) is 3.31. The number of benzene rings is 1. The molecule has 0 atom stereocenters. The highest BCUT2D eigenvalue weighted by atomic mass is 16.5. The van der Waals surface area contributed by atoms with Crippen molar-refractivity contribution in [2.24, 2.45) is 7.05 Å². The van der Waals surface area contributed by atoms with Crippen LogP contribution in [0.3, 0.4) is 0 Å². The first-order valence-corrected chi connectivity index (χ1v) is 10.6. The summed E-state index contributed by atoms with van der Waals surface area (Å²) in [5, 5.41) is 8.03. The molecular weight excluding hydrogens is 432 g/mol. The van der Waals surface area contributed by atoms with Gasteiger partial charge in [-0.25, -0.2) is 4.98 Å². The van der Waals surface area contributed by atoms with Crippen LogP contribution in [0.5, 0.6) is 5.75 Å². The molecule has 0 amide bonds. The summed E-state index contributed by atoms with van der Waals surface area (Å²) in [5.74, 6) is 1.21. The maximum atomic E-state index is 13.2. The molecule has 34 heavy (non-hydrogen) atoms. The number of hydrogen-bond donors (Lipinski definition) is 1. The third-order valence-electron chi connectivity index (χ3n) is 5.65. The van der Waals surface area contributed by atoms with Crippen LogP contribution in [0.15, 0.2) is 64.2 Å². The smallest absolute Gasteiger partial charge is 0.278 e. The van der Waals surface area contributed by atoms with Gasteiger partial charge in [-0.15, -0.1) is 0 Å². The van der Waals surface area contributed by atoms with E-state index in [-0.39, 0.29) is 17.4 Å². The van der Waals surface area contributed by atoms with Gasteiger partial charge in [-0.2, -0.15) is 4.98 Å². The number of fused-ring (bicyclic) bond motifs is 1. The fraction of sp³-hybridized carbons (Fsp3) is 0.160. The van der Waals surface area contributed by atoms with Gasteiger partial charge in [0.05, 0.1) is 18.8 Å². The second kappa shape index (κ2) is 8.43. The fourth-order valence-corrected chi connectivity index (χ4v) is 3.78. The minimum absolute atomic E-state index is 0.0780. The average molecular weight is 454 g/mol. The lowest BCUT2D eigenvalue weighted by Gasteiger charge is -2.12. The van der Waals surface area contributed by atoms with Gasteiger partial charge in [0.2, 0.25) is 0 Å². The number of methoxy groups -OCH3 is 1. The molecule has 0 saturated carbocycles. The lowest BCUT2D eigenvalue weighted by Crippen LogP contribution is -2.19. The zero-order valence-corrected chi connectivity index (χ0v) is 19.2. The molecule has 0 radical (unpaired) electrons. The van der Waals surface area contributed by atoms with Gasteiger partial charge >= 0.3 is 0 Å². The number of aryl methyl sites for hydroxylation is 3. The lowest BCUT2D eigenvalue weighted by molar-refractivity contribution is 0.412. The summed E-state index contributed by atoms with van der Waals surface area (Å²) in [6.45, 7) is 3.88. The van der Waals surface area contributed by atoms with Crippen molar-refractivity contribution < 1.29 is 9.26 Å². The Kier molecular flexibility index (Phi) is 5.29. The van der Waals surface area contributed by atoms with Gasteiger partial charge in [-0.3, -0.25) is 9.78 Å². The zero-order chi connectivity index (χ0) is 23.8. The molecule has 4 aromatic heterocycles. The largest absolute Gasteiger partial charge is 0.495 e. The van der Waals surface area contributed by atoms with E-state index in [2.05, 4.69) is 25.4 Å². The Morgan fingerprint density at radius 1 is 1.00 bits per heavy atom. The summed E-state index contributed by atoms with van der Waals surface area (Å²) in [6.07, 6.45) is 3.37. The van der Waals surface area contributed by atoms with Gasteiger partial charge < -0.3 is 19.1 Å². The van der Waals surface area contributed by atoms with Crippen molar-refractivity contribution in [2.45, 2.75) is 13.8 Å². The van der Waals surface area contributed by atoms with Gasteiger partial charge in [0.1, 0.15) is 11.4 Å². The predicted molar refractivity (Wildman–Crippen MR) is 129 cm³/mol. The number of hydrogen-bond acceptors (Lipinski definition) is 8. The molecule has 0 aliphatic heterocycles. The van der Waals surface area contributed by atoms with E-state index in [1.165, 1.54) is 0 Å². The Balaban J connectivity index is 1.48. The van der Waals surface area contributed by atoms with E-state index in [1.54, 1.807) is 43.3 Å². The molecule has 0 unspecified atom stereocenters. The molecule has 5 aromatic rings. The SMILES string of the molecule is COc1ccc(-c2nc(Nc3ccc(C)c(-c4cc5cnc(C)cc5n(C)c4=O)c3)no2)nc1. The Morgan fingerprint density at radius 3 is 2.62 bits per heavy atom. The first kappa shape index (κ1) is 21.3. The molecule has 9 heteroatoms. The van der Waals surface area contributed by atoms with Crippen LogP contribution < -0.4 is 15.6 Å². The first-order valence-electron chi connectivity index (χ1n) is 10.6. The normalized spacial score (nSPS) is 11.1. The number of ether oxygens (including phenoxy) is 1. The van der Waals surface area contributed by atoms with Crippen LogP contribution in [-0.2, 0) is 7.05 Å². The first-order chi connectivity index (χ1) is 16.4. The summed E-state index contributed by atoms with van der Waals surface area (Å²) in [6, 6.07) is 13.1. The maximum Gasteiger partial charge on any atom is 0.278 e. The Bertz CT molecular complexity index is 1570. The van der Waals surface area contributed by atoms with E-state index in [4.69, 9.17) is 9.26 Å². The second-order valence-electron chi connectivity index (χ2n) is 7.97. The number of anilines is 2. The molecule has 1 aromatic carbocycles. The number of pyridine rings is 3. The van der Waals surface area contributed by atoms with Gasteiger partial charge in [0.15, 0.2) is 0 Å². The highest BCUT2D eigenvalue weighted by Gasteiger charge is 2.14. The van der Waals surface area contributed by atoms with Gasteiger partial charge in [0, 0.05) is 35.6 Å². The molecule has 0 saturated heterocycles. The molecule has 1 N–H and O–H groups in total. The summed E-state index contributed by atoms with van der Waals surface area (Å²) >= 11 is 0. The summed E-state index contributed by atoms with van der Waals surface area (Å²) in [4.78, 5) is 26.2. The quantitative estimate of drug-likeness (QED) is 0.416. The molecule has 4 heterocycles. The van der Waals surface area contributed by atoms with E-state index in [0.717, 1.165) is 33.4 Å². The van der Waals surface area contributed by atoms with Crippen molar-refractivity contribution in [3.05, 3.63) is 76.5 Å². The summed E-state index contributed by atoms with van der Waals surface area (Å²) < 4.78 is 12.1. The third-order valence-corrected chi connectivity index (χ3v) is 5.65. The fourth-order valence-electron chi connectivity index (χ4n) is 3.78. The molecule has 0 fully saturated rings. The molecule has 9 nitrogen and oxygen atoms in total. The van der Waals surface area contributed by atoms with Crippen molar-refractivity contribution >= 4 is 22.5 Å². The Morgan fingerprint density at radius 2 is 1.85 bits per heavy atom. The van der Waals surface area contributed by atoms with E-state index in [1.807, 2.05) is 44.2 Å². The van der Waals surface area contributed by atoms with Crippen LogP contribution in [-0.4, -0.2) is 31.8 Å². The standard InChI is InChI=1S/C25H22N6O3/c1-14-5-6-17(28-25-29-23(34-30-25)21-8-7-18(33-4)13-27-21)11-19(14)20-10-16-12-26-15(2)9-22(16)31(3)24(20)32/h5-13H,1-4H3,(H,28,30). The highest BCUT2D eigenvalue weighted by Crippen LogP contribution is 2.28. The summed E-state index contributed by atoms with van der Waals surface area (Å²) in [5.41, 5.74) is 5.27. The lowest BCUT2D eigenvalue weighted by atomic mass is 9.99. The van der Waals surface area contributed by atoms with Crippen molar-refractivity contribution in [3.63, 3.8) is 0 Å². The van der Waals surface area contributed by atoms with Crippen LogP contribution in [0.2, 0.25) is 0 Å². The topological polar surface area (TPSA) is 108 Å². The third kappa shape index (κ3) is 3.88. The Hall–Kier alpha value is -4.53. The molecular formula is C25H22N6O3. The van der Waals surface area contributed by atoms with Crippen LogP contribution in [0.25, 0.3) is 33.6 Å². The molecule has 0 spiro atoms. The number of nitrogens with one attached hydrogen (secondary N) is 1. The predicted octanol–water partition coefficient (Wildman–Crippen LogP) is 4.41. The molecule has 0 bridgehead atoms. The maximum absolute atomic E-state index is 13.2. The van der Waals surface area contributed by atoms with Crippen LogP contribution in [0.4, 0.5) is 11.6 Å². The van der Waals surface area contributed by atoms with E-state index >= 15 is 0 Å². The second-order valence-corrected chi connectivity index (χ2v) is 7.97. The minimum atomic E-state index is -0.0780. The monoisotopic (exact) mass is 454 g/mol. The Labute approximate surface area is 195 Å². The molecule has 0 aliphatic rings. The number of aromatic nitrogens is 5. The number of rotatable bonds is 5. The van der Waals surface area contributed by atoms with Crippen LogP contribution in [0.1, 0.15) is 11.3 Å². The van der Waals surface area contributed by atoms with Crippen molar-refractivity contribution in [2.75, 3.05) is 12.4 Å².